The zero-order valence-corrected chi connectivity index (χ0v) is 13.4. The number of aromatic nitrogens is 1. The standard InChI is InChI=1S/C18H12F3NO4/c1-25-12-6-7-13-14(17(23)24)9-15(22-16(13)8-12)10-2-4-11(5-3-10)26-18(19,20)21/h2-9H,1H3,(H,23,24). The van der Waals surface area contributed by atoms with E-state index in [-0.39, 0.29) is 11.3 Å². The fourth-order valence-electron chi connectivity index (χ4n) is 2.49. The number of carbonyl (C=O) groups is 1. The molecule has 2 aromatic carbocycles. The zero-order chi connectivity index (χ0) is 18.9. The van der Waals surface area contributed by atoms with Gasteiger partial charge in [0.2, 0.25) is 0 Å². The lowest BCUT2D eigenvalue weighted by molar-refractivity contribution is -0.274. The second-order valence-corrected chi connectivity index (χ2v) is 5.32. The van der Waals surface area contributed by atoms with Crippen molar-refractivity contribution in [2.45, 2.75) is 6.36 Å². The maximum Gasteiger partial charge on any atom is 0.573 e. The van der Waals surface area contributed by atoms with Crippen molar-refractivity contribution in [3.05, 3.63) is 54.1 Å². The van der Waals surface area contributed by atoms with Crippen LogP contribution in [0.3, 0.4) is 0 Å². The molecule has 134 valence electrons. The lowest BCUT2D eigenvalue weighted by Gasteiger charge is -2.11. The van der Waals surface area contributed by atoms with E-state index < -0.39 is 12.3 Å². The molecule has 0 aliphatic carbocycles. The third-order valence-electron chi connectivity index (χ3n) is 3.63. The highest BCUT2D eigenvalue weighted by Gasteiger charge is 2.31. The molecule has 0 atom stereocenters. The highest BCUT2D eigenvalue weighted by Crippen LogP contribution is 2.29. The van der Waals surface area contributed by atoms with Crippen LogP contribution in [-0.4, -0.2) is 29.5 Å². The normalized spacial score (nSPS) is 11.4. The van der Waals surface area contributed by atoms with Gasteiger partial charge < -0.3 is 14.6 Å². The van der Waals surface area contributed by atoms with Gasteiger partial charge in [-0.2, -0.15) is 0 Å². The molecule has 0 fully saturated rings. The number of hydrogen-bond acceptors (Lipinski definition) is 4. The van der Waals surface area contributed by atoms with E-state index >= 15 is 0 Å². The van der Waals surface area contributed by atoms with Crippen LogP contribution < -0.4 is 9.47 Å². The van der Waals surface area contributed by atoms with Gasteiger partial charge in [0.25, 0.3) is 0 Å². The van der Waals surface area contributed by atoms with Gasteiger partial charge in [0, 0.05) is 17.0 Å². The zero-order valence-electron chi connectivity index (χ0n) is 13.4. The number of halogens is 3. The Morgan fingerprint density at radius 3 is 2.27 bits per heavy atom. The molecule has 0 bridgehead atoms. The maximum atomic E-state index is 12.2. The summed E-state index contributed by atoms with van der Waals surface area (Å²) in [6.07, 6.45) is -4.78. The molecule has 5 nitrogen and oxygen atoms in total. The SMILES string of the molecule is COc1ccc2c(C(=O)O)cc(-c3ccc(OC(F)(F)F)cc3)nc2c1. The van der Waals surface area contributed by atoms with Gasteiger partial charge >= 0.3 is 12.3 Å². The Labute approximate surface area is 145 Å². The molecule has 3 aromatic rings. The number of rotatable bonds is 4. The number of hydrogen-bond donors (Lipinski definition) is 1. The number of benzene rings is 2. The van der Waals surface area contributed by atoms with E-state index in [1.807, 2.05) is 0 Å². The number of carboxylic acids is 1. The van der Waals surface area contributed by atoms with E-state index in [9.17, 15) is 23.1 Å². The summed E-state index contributed by atoms with van der Waals surface area (Å²) in [7, 11) is 1.47. The first-order valence-corrected chi connectivity index (χ1v) is 7.35. The maximum absolute atomic E-state index is 12.2. The summed E-state index contributed by atoms with van der Waals surface area (Å²) in [5.41, 5.74) is 1.19. The van der Waals surface area contributed by atoms with Crippen LogP contribution in [0.2, 0.25) is 0 Å². The summed E-state index contributed by atoms with van der Waals surface area (Å²) in [5.74, 6) is -1.00. The molecule has 0 radical (unpaired) electrons. The summed E-state index contributed by atoms with van der Waals surface area (Å²) in [5, 5.41) is 9.88. The number of alkyl halides is 3. The van der Waals surface area contributed by atoms with Crippen molar-refractivity contribution in [3.63, 3.8) is 0 Å². The summed E-state index contributed by atoms with van der Waals surface area (Å²) in [6, 6.07) is 11.2. The van der Waals surface area contributed by atoms with Gasteiger partial charge in [-0.05, 0) is 42.5 Å². The Kier molecular flexibility index (Phi) is 4.41. The van der Waals surface area contributed by atoms with Crippen LogP contribution in [0.25, 0.3) is 22.2 Å². The Morgan fingerprint density at radius 2 is 1.69 bits per heavy atom. The minimum Gasteiger partial charge on any atom is -0.497 e. The average Bonchev–Trinajstić information content (AvgIpc) is 2.59. The first kappa shape index (κ1) is 17.5. The van der Waals surface area contributed by atoms with Crippen molar-refractivity contribution < 1.29 is 32.5 Å². The molecule has 1 N–H and O–H groups in total. The van der Waals surface area contributed by atoms with E-state index in [0.29, 0.717) is 27.9 Å². The smallest absolute Gasteiger partial charge is 0.497 e. The molecule has 0 spiro atoms. The van der Waals surface area contributed by atoms with Gasteiger partial charge in [-0.1, -0.05) is 0 Å². The minimum absolute atomic E-state index is 0.0308. The third-order valence-corrected chi connectivity index (χ3v) is 3.63. The molecule has 0 aliphatic heterocycles. The Balaban J connectivity index is 2.08. The fraction of sp³-hybridized carbons (Fsp3) is 0.111. The van der Waals surface area contributed by atoms with Crippen molar-refractivity contribution in [1.82, 2.24) is 4.98 Å². The third kappa shape index (κ3) is 3.69. The molecular weight excluding hydrogens is 351 g/mol. The van der Waals surface area contributed by atoms with Crippen molar-refractivity contribution in [2.24, 2.45) is 0 Å². The molecule has 3 rings (SSSR count). The van der Waals surface area contributed by atoms with E-state index in [1.54, 1.807) is 18.2 Å². The van der Waals surface area contributed by atoms with Crippen molar-refractivity contribution in [3.8, 4) is 22.8 Å². The Bertz CT molecular complexity index is 969. The highest BCUT2D eigenvalue weighted by atomic mass is 19.4. The van der Waals surface area contributed by atoms with Gasteiger partial charge in [-0.3, -0.25) is 0 Å². The second kappa shape index (κ2) is 6.55. The molecule has 0 saturated carbocycles. The van der Waals surface area contributed by atoms with E-state index in [1.165, 1.54) is 25.3 Å². The molecule has 0 saturated heterocycles. The number of methoxy groups -OCH3 is 1. The average molecular weight is 363 g/mol. The minimum atomic E-state index is -4.78. The predicted molar refractivity (Wildman–Crippen MR) is 87.4 cm³/mol. The van der Waals surface area contributed by atoms with E-state index in [2.05, 4.69) is 9.72 Å². The van der Waals surface area contributed by atoms with E-state index in [4.69, 9.17) is 4.74 Å². The molecule has 1 heterocycles. The molecule has 0 amide bonds. The van der Waals surface area contributed by atoms with Crippen LogP contribution in [0.5, 0.6) is 11.5 Å². The van der Waals surface area contributed by atoms with E-state index in [0.717, 1.165) is 12.1 Å². The molecule has 0 unspecified atom stereocenters. The van der Waals surface area contributed by atoms with Gasteiger partial charge in [0.05, 0.1) is 23.9 Å². The summed E-state index contributed by atoms with van der Waals surface area (Å²) < 4.78 is 45.7. The van der Waals surface area contributed by atoms with Crippen molar-refractivity contribution in [1.29, 1.82) is 0 Å². The summed E-state index contributed by atoms with van der Waals surface area (Å²) in [4.78, 5) is 16.0. The van der Waals surface area contributed by atoms with Crippen molar-refractivity contribution >= 4 is 16.9 Å². The van der Waals surface area contributed by atoms with Crippen LogP contribution in [0.4, 0.5) is 13.2 Å². The van der Waals surface area contributed by atoms with Crippen molar-refractivity contribution in [2.75, 3.05) is 7.11 Å². The topological polar surface area (TPSA) is 68.7 Å². The van der Waals surface area contributed by atoms with Gasteiger partial charge in [0.15, 0.2) is 0 Å². The molecule has 8 heteroatoms. The molecule has 0 aliphatic rings. The van der Waals surface area contributed by atoms with Gasteiger partial charge in [-0.15, -0.1) is 13.2 Å². The Hall–Kier alpha value is -3.29. The molecular formula is C18H12F3NO4. The number of pyridine rings is 1. The van der Waals surface area contributed by atoms with Crippen LogP contribution in [0, 0.1) is 0 Å². The first-order chi connectivity index (χ1) is 12.3. The predicted octanol–water partition coefficient (Wildman–Crippen LogP) is 4.51. The lowest BCUT2D eigenvalue weighted by atomic mass is 10.0. The quantitative estimate of drug-likeness (QED) is 0.739. The van der Waals surface area contributed by atoms with Crippen LogP contribution in [0.15, 0.2) is 48.5 Å². The summed E-state index contributed by atoms with van der Waals surface area (Å²) >= 11 is 0. The first-order valence-electron chi connectivity index (χ1n) is 7.35. The van der Waals surface area contributed by atoms with Gasteiger partial charge in [-0.25, -0.2) is 9.78 Å². The van der Waals surface area contributed by atoms with Crippen LogP contribution in [-0.2, 0) is 0 Å². The highest BCUT2D eigenvalue weighted by molar-refractivity contribution is 6.04. The largest absolute Gasteiger partial charge is 0.573 e. The Morgan fingerprint density at radius 1 is 1.04 bits per heavy atom. The lowest BCUT2D eigenvalue weighted by Crippen LogP contribution is -2.16. The molecule has 26 heavy (non-hydrogen) atoms. The monoisotopic (exact) mass is 363 g/mol. The number of carboxylic acid groups (broad SMARTS) is 1. The fourth-order valence-corrected chi connectivity index (χ4v) is 2.49. The van der Waals surface area contributed by atoms with Gasteiger partial charge in [0.1, 0.15) is 11.5 Å². The number of aromatic carboxylic acids is 1. The number of fused-ring (bicyclic) bond motifs is 1. The number of ether oxygens (including phenoxy) is 2. The second-order valence-electron chi connectivity index (χ2n) is 5.32. The number of nitrogens with zero attached hydrogens (tertiary/aromatic N) is 1. The summed E-state index contributed by atoms with van der Waals surface area (Å²) in [6.45, 7) is 0. The molecule has 1 aromatic heterocycles. The van der Waals surface area contributed by atoms with Crippen LogP contribution in [0.1, 0.15) is 10.4 Å². The van der Waals surface area contributed by atoms with Crippen LogP contribution >= 0.6 is 0 Å².